The van der Waals surface area contributed by atoms with E-state index in [4.69, 9.17) is 44.3 Å². The average Bonchev–Trinajstić information content (AvgIpc) is 2.97. The lowest BCUT2D eigenvalue weighted by Crippen LogP contribution is -2.45. The molecule has 0 unspecified atom stereocenters. The highest BCUT2D eigenvalue weighted by molar-refractivity contribution is 7.87. The van der Waals surface area contributed by atoms with Gasteiger partial charge in [0.25, 0.3) is 10.2 Å². The molecule has 0 saturated carbocycles. The summed E-state index contributed by atoms with van der Waals surface area (Å²) >= 11 is 0. The summed E-state index contributed by atoms with van der Waals surface area (Å²) < 4.78 is 73.1. The number of carbonyl (C=O) groups is 2. The standard InChI is InChI=1S/C31H60N4O12S/c1-10-16-40-22-24-44-26-27-45-25-23-41-17-11-32-48(38,39)35(14-20-42-18-12-33(8)28(36)46-30(2,3)4)15-21-43-19-13-34(9)29(37)47-31(5,6)7/h1,32H,11-27H2,2-9H3. The highest BCUT2D eigenvalue weighted by Crippen LogP contribution is 2.10. The van der Waals surface area contributed by atoms with Crippen LogP contribution in [0.4, 0.5) is 9.59 Å². The molecule has 0 heterocycles. The molecule has 282 valence electrons. The molecule has 0 aromatic rings. The summed E-state index contributed by atoms with van der Waals surface area (Å²) in [6, 6.07) is 0. The second-order valence-corrected chi connectivity index (χ2v) is 14.2. The first-order valence-corrected chi connectivity index (χ1v) is 17.5. The zero-order valence-electron chi connectivity index (χ0n) is 30.2. The first kappa shape index (κ1) is 45.7. The van der Waals surface area contributed by atoms with E-state index in [-0.39, 0.29) is 79.0 Å². The second-order valence-electron chi connectivity index (χ2n) is 12.4. The van der Waals surface area contributed by atoms with E-state index in [9.17, 15) is 18.0 Å². The van der Waals surface area contributed by atoms with Crippen molar-refractivity contribution in [1.29, 1.82) is 0 Å². The van der Waals surface area contributed by atoms with Crippen LogP contribution in [0.25, 0.3) is 0 Å². The molecule has 0 aromatic heterocycles. The second kappa shape index (κ2) is 25.7. The molecule has 1 N–H and O–H groups in total. The summed E-state index contributed by atoms with van der Waals surface area (Å²) in [6.07, 6.45) is 4.14. The number of terminal acetylenes is 1. The number of carbonyl (C=O) groups excluding carboxylic acids is 2. The quantitative estimate of drug-likeness (QED) is 0.0968. The zero-order chi connectivity index (χ0) is 36.5. The van der Waals surface area contributed by atoms with E-state index in [1.54, 1.807) is 55.6 Å². The molecule has 0 fully saturated rings. The predicted octanol–water partition coefficient (Wildman–Crippen LogP) is 1.59. The Kier molecular flexibility index (Phi) is 24.5. The van der Waals surface area contributed by atoms with Gasteiger partial charge in [-0.2, -0.15) is 17.4 Å². The first-order chi connectivity index (χ1) is 22.5. The van der Waals surface area contributed by atoms with Crippen LogP contribution in [0.5, 0.6) is 0 Å². The van der Waals surface area contributed by atoms with Gasteiger partial charge in [-0.25, -0.2) is 9.59 Å². The van der Waals surface area contributed by atoms with E-state index >= 15 is 0 Å². The molecule has 0 aliphatic carbocycles. The summed E-state index contributed by atoms with van der Waals surface area (Å²) in [7, 11) is -0.714. The Morgan fingerprint density at radius 1 is 0.604 bits per heavy atom. The van der Waals surface area contributed by atoms with Crippen molar-refractivity contribution in [3.05, 3.63) is 0 Å². The third-order valence-corrected chi connectivity index (χ3v) is 7.31. The van der Waals surface area contributed by atoms with Crippen LogP contribution in [0.15, 0.2) is 0 Å². The van der Waals surface area contributed by atoms with Crippen molar-refractivity contribution in [1.82, 2.24) is 18.8 Å². The van der Waals surface area contributed by atoms with E-state index in [0.717, 1.165) is 0 Å². The Bertz CT molecular complexity index is 968. The molecule has 0 aliphatic rings. The van der Waals surface area contributed by atoms with Gasteiger partial charge in [-0.05, 0) is 41.5 Å². The number of likely N-dealkylation sites (N-methyl/N-ethyl adjacent to an activating group) is 2. The molecule has 0 aliphatic heterocycles. The van der Waals surface area contributed by atoms with E-state index in [1.807, 2.05) is 0 Å². The normalized spacial score (nSPS) is 12.2. The number of hydrogen-bond donors (Lipinski definition) is 1. The number of nitrogens with one attached hydrogen (secondary N) is 1. The molecule has 0 radical (unpaired) electrons. The maximum Gasteiger partial charge on any atom is 0.410 e. The lowest BCUT2D eigenvalue weighted by molar-refractivity contribution is 0.00199. The molecule has 0 atom stereocenters. The molecule has 0 rings (SSSR count). The van der Waals surface area contributed by atoms with Gasteiger partial charge in [0.15, 0.2) is 0 Å². The minimum absolute atomic E-state index is 0.0411. The lowest BCUT2D eigenvalue weighted by atomic mass is 10.2. The van der Waals surface area contributed by atoms with Gasteiger partial charge in [0, 0.05) is 46.8 Å². The molecule has 2 amide bonds. The largest absolute Gasteiger partial charge is 0.444 e. The summed E-state index contributed by atoms with van der Waals surface area (Å²) in [6.45, 7) is 14.5. The van der Waals surface area contributed by atoms with E-state index in [1.165, 1.54) is 14.1 Å². The number of rotatable bonds is 27. The summed E-state index contributed by atoms with van der Waals surface area (Å²) in [4.78, 5) is 27.0. The Balaban J connectivity index is 4.63. The fourth-order valence-electron chi connectivity index (χ4n) is 3.28. The van der Waals surface area contributed by atoms with Crippen LogP contribution in [-0.2, 0) is 48.1 Å². The predicted molar refractivity (Wildman–Crippen MR) is 180 cm³/mol. The summed E-state index contributed by atoms with van der Waals surface area (Å²) in [5, 5.41) is 0. The van der Waals surface area contributed by atoms with Gasteiger partial charge in [0.05, 0.1) is 72.7 Å². The maximum absolute atomic E-state index is 13.1. The Labute approximate surface area is 288 Å². The minimum Gasteiger partial charge on any atom is -0.444 e. The van der Waals surface area contributed by atoms with Crippen molar-refractivity contribution in [3.63, 3.8) is 0 Å². The van der Waals surface area contributed by atoms with Crippen LogP contribution in [-0.4, -0.2) is 172 Å². The highest BCUT2D eigenvalue weighted by atomic mass is 32.2. The van der Waals surface area contributed by atoms with Crippen molar-refractivity contribution in [3.8, 4) is 12.3 Å². The van der Waals surface area contributed by atoms with Crippen molar-refractivity contribution in [2.75, 3.05) is 126 Å². The third kappa shape index (κ3) is 26.7. The van der Waals surface area contributed by atoms with Crippen molar-refractivity contribution >= 4 is 22.4 Å². The molecule has 0 aromatic carbocycles. The Morgan fingerprint density at radius 3 is 1.35 bits per heavy atom. The van der Waals surface area contributed by atoms with Crippen LogP contribution in [0, 0.1) is 12.3 Å². The van der Waals surface area contributed by atoms with Crippen molar-refractivity contribution in [2.24, 2.45) is 0 Å². The minimum atomic E-state index is -3.91. The number of amides is 2. The van der Waals surface area contributed by atoms with Crippen molar-refractivity contribution in [2.45, 2.75) is 52.7 Å². The summed E-state index contributed by atoms with van der Waals surface area (Å²) in [5.41, 5.74) is -1.23. The lowest BCUT2D eigenvalue weighted by Gasteiger charge is -2.25. The van der Waals surface area contributed by atoms with Gasteiger partial charge < -0.3 is 47.7 Å². The van der Waals surface area contributed by atoms with E-state index in [2.05, 4.69) is 10.6 Å². The number of nitrogens with zero attached hydrogens (tertiary/aromatic N) is 3. The molecule has 48 heavy (non-hydrogen) atoms. The molecule has 0 bridgehead atoms. The van der Waals surface area contributed by atoms with Gasteiger partial charge in [0.1, 0.15) is 17.8 Å². The number of hydrogen-bond acceptors (Lipinski definition) is 12. The van der Waals surface area contributed by atoms with Gasteiger partial charge in [-0.15, -0.1) is 6.42 Å². The molecular weight excluding hydrogens is 652 g/mol. The van der Waals surface area contributed by atoms with Gasteiger partial charge in [-0.3, -0.25) is 0 Å². The SMILES string of the molecule is C#CCOCCOCCOCCOCCNS(=O)(=O)N(CCOCCN(C)C(=O)OC(C)(C)C)CCOCCN(C)C(=O)OC(C)(C)C. The van der Waals surface area contributed by atoms with Crippen molar-refractivity contribution < 1.29 is 55.9 Å². The zero-order valence-corrected chi connectivity index (χ0v) is 31.1. The topological polar surface area (TPSA) is 164 Å². The maximum atomic E-state index is 13.1. The Morgan fingerprint density at radius 2 is 0.958 bits per heavy atom. The van der Waals surface area contributed by atoms with Gasteiger partial charge in [-0.1, -0.05) is 5.92 Å². The fraction of sp³-hybridized carbons (Fsp3) is 0.871. The molecule has 16 nitrogen and oxygen atoms in total. The third-order valence-electron chi connectivity index (χ3n) is 5.69. The van der Waals surface area contributed by atoms with Crippen LogP contribution >= 0.6 is 0 Å². The van der Waals surface area contributed by atoms with E-state index < -0.39 is 33.6 Å². The molecule has 0 spiro atoms. The molecular formula is C31H60N4O12S. The Hall–Kier alpha value is -2.27. The highest BCUT2D eigenvalue weighted by Gasteiger charge is 2.23. The monoisotopic (exact) mass is 712 g/mol. The average molecular weight is 713 g/mol. The molecule has 0 saturated heterocycles. The van der Waals surface area contributed by atoms with Gasteiger partial charge >= 0.3 is 12.2 Å². The van der Waals surface area contributed by atoms with Gasteiger partial charge in [0.2, 0.25) is 0 Å². The van der Waals surface area contributed by atoms with Crippen LogP contribution < -0.4 is 4.72 Å². The van der Waals surface area contributed by atoms with Crippen LogP contribution in [0.3, 0.4) is 0 Å². The van der Waals surface area contributed by atoms with E-state index in [0.29, 0.717) is 33.0 Å². The fourth-order valence-corrected chi connectivity index (χ4v) is 4.43. The molecule has 17 heteroatoms. The van der Waals surface area contributed by atoms with Crippen LogP contribution in [0.1, 0.15) is 41.5 Å². The summed E-state index contributed by atoms with van der Waals surface area (Å²) in [5.74, 6) is 2.37. The number of ether oxygens (including phenoxy) is 8. The first-order valence-electron chi connectivity index (χ1n) is 16.0. The smallest absolute Gasteiger partial charge is 0.410 e. The van der Waals surface area contributed by atoms with Crippen LogP contribution in [0.2, 0.25) is 0 Å².